The Kier molecular flexibility index (Phi) is 8.35. The highest BCUT2D eigenvalue weighted by Gasteiger charge is 2.22. The van der Waals surface area contributed by atoms with Crippen molar-refractivity contribution in [3.63, 3.8) is 0 Å². The third-order valence-electron chi connectivity index (χ3n) is 2.37. The van der Waals surface area contributed by atoms with E-state index in [-0.39, 0.29) is 0 Å². The molecule has 1 atom stereocenters. The minimum Gasteiger partial charge on any atom is -0.355 e. The number of carbonyl (C=O) groups is 1. The van der Waals surface area contributed by atoms with Gasteiger partial charge in [-0.1, -0.05) is 35.4 Å². The summed E-state index contributed by atoms with van der Waals surface area (Å²) < 4.78 is 23.3. The van der Waals surface area contributed by atoms with Gasteiger partial charge >= 0.3 is 0 Å². The molecule has 0 rings (SSSR count). The normalized spacial score (nSPS) is 13.4. The number of nitrogens with one attached hydrogen (secondary N) is 1. The summed E-state index contributed by atoms with van der Waals surface area (Å²) in [5.74, 6) is -0.392. The second-order valence-corrected chi connectivity index (χ2v) is 7.31. The average Bonchev–Trinajstić information content (AvgIpc) is 2.20. The summed E-state index contributed by atoms with van der Waals surface area (Å²) in [6.07, 6.45) is 5.45. The van der Waals surface area contributed by atoms with Crippen molar-refractivity contribution in [1.82, 2.24) is 5.32 Å². The van der Waals surface area contributed by atoms with Crippen molar-refractivity contribution in [2.75, 3.05) is 17.2 Å². The van der Waals surface area contributed by atoms with Gasteiger partial charge in [0, 0.05) is 12.8 Å². The number of carbonyl (C=O) groups excluding carboxylic acids is 1. The smallest absolute Gasteiger partial charge is 0.238 e. The maximum Gasteiger partial charge on any atom is 0.238 e. The molecule has 0 aliphatic rings. The molecular formula is C10H20INO3S. The lowest BCUT2D eigenvalue weighted by Gasteiger charge is -2.10. The first-order chi connectivity index (χ1) is 7.39. The highest BCUT2D eigenvalue weighted by molar-refractivity contribution is 14.1. The van der Waals surface area contributed by atoms with E-state index >= 15 is 0 Å². The Balaban J connectivity index is 3.67. The molecule has 0 saturated heterocycles. The number of unbranched alkanes of at least 4 members (excludes halogenated alkanes) is 3. The largest absolute Gasteiger partial charge is 0.355 e. The number of hydrogen-bond acceptors (Lipinski definition) is 3. The van der Waals surface area contributed by atoms with Gasteiger partial charge in [0.05, 0.1) is 0 Å². The van der Waals surface area contributed by atoms with Gasteiger partial charge in [0.15, 0.2) is 9.84 Å². The van der Waals surface area contributed by atoms with Gasteiger partial charge in [0.1, 0.15) is 5.25 Å². The minimum atomic E-state index is -3.27. The van der Waals surface area contributed by atoms with Crippen molar-refractivity contribution >= 4 is 38.3 Å². The Labute approximate surface area is 112 Å². The maximum atomic E-state index is 11.4. The zero-order valence-electron chi connectivity index (χ0n) is 9.83. The molecule has 1 amide bonds. The number of alkyl halides is 1. The molecule has 1 N–H and O–H groups in total. The summed E-state index contributed by atoms with van der Waals surface area (Å²) in [4.78, 5) is 11.4. The molecule has 0 aromatic heterocycles. The molecule has 16 heavy (non-hydrogen) atoms. The predicted molar refractivity (Wildman–Crippen MR) is 74.7 cm³/mol. The second kappa shape index (κ2) is 8.27. The van der Waals surface area contributed by atoms with Crippen LogP contribution in [-0.2, 0) is 14.6 Å². The Morgan fingerprint density at radius 3 is 2.31 bits per heavy atom. The fourth-order valence-electron chi connectivity index (χ4n) is 1.12. The lowest BCUT2D eigenvalue weighted by atomic mass is 10.2. The third kappa shape index (κ3) is 7.43. The molecule has 0 fully saturated rings. The molecule has 1 unspecified atom stereocenters. The predicted octanol–water partition coefficient (Wildman–Crippen LogP) is 1.53. The Morgan fingerprint density at radius 1 is 1.25 bits per heavy atom. The number of sulfone groups is 1. The summed E-state index contributed by atoms with van der Waals surface area (Å²) in [5.41, 5.74) is 0. The summed E-state index contributed by atoms with van der Waals surface area (Å²) in [6, 6.07) is 0. The van der Waals surface area contributed by atoms with Crippen LogP contribution < -0.4 is 5.32 Å². The van der Waals surface area contributed by atoms with Crippen molar-refractivity contribution in [3.8, 4) is 0 Å². The topological polar surface area (TPSA) is 63.2 Å². The molecule has 0 aliphatic heterocycles. The van der Waals surface area contributed by atoms with E-state index in [4.69, 9.17) is 0 Å². The highest BCUT2D eigenvalue weighted by atomic mass is 127. The maximum absolute atomic E-state index is 11.4. The van der Waals surface area contributed by atoms with Crippen LogP contribution in [0.4, 0.5) is 0 Å². The van der Waals surface area contributed by atoms with Crippen LogP contribution in [0.15, 0.2) is 0 Å². The second-order valence-electron chi connectivity index (χ2n) is 3.87. The van der Waals surface area contributed by atoms with Crippen molar-refractivity contribution in [2.45, 2.75) is 37.9 Å². The number of amides is 1. The van der Waals surface area contributed by atoms with Gasteiger partial charge in [-0.3, -0.25) is 4.79 Å². The Bertz CT molecular complexity index is 303. The van der Waals surface area contributed by atoms with Crippen LogP contribution in [0.1, 0.15) is 32.6 Å². The molecule has 0 heterocycles. The van der Waals surface area contributed by atoms with Gasteiger partial charge in [-0.2, -0.15) is 0 Å². The zero-order valence-corrected chi connectivity index (χ0v) is 12.8. The quantitative estimate of drug-likeness (QED) is 0.405. The highest BCUT2D eigenvalue weighted by Crippen LogP contribution is 2.02. The van der Waals surface area contributed by atoms with Crippen molar-refractivity contribution < 1.29 is 13.2 Å². The summed E-state index contributed by atoms with van der Waals surface area (Å²) in [5, 5.41) is 1.70. The van der Waals surface area contributed by atoms with Crippen LogP contribution in [0, 0.1) is 0 Å². The molecule has 6 heteroatoms. The van der Waals surface area contributed by atoms with Gasteiger partial charge in [0.2, 0.25) is 5.91 Å². The third-order valence-corrected chi connectivity index (χ3v) is 4.63. The first-order valence-electron chi connectivity index (χ1n) is 5.42. The minimum absolute atomic E-state index is 0.392. The zero-order chi connectivity index (χ0) is 12.6. The van der Waals surface area contributed by atoms with Crippen LogP contribution >= 0.6 is 22.6 Å². The monoisotopic (exact) mass is 361 g/mol. The Morgan fingerprint density at radius 2 is 1.81 bits per heavy atom. The first kappa shape index (κ1) is 16.1. The van der Waals surface area contributed by atoms with Crippen LogP contribution in [0.2, 0.25) is 0 Å². The average molecular weight is 361 g/mol. The van der Waals surface area contributed by atoms with E-state index in [1.807, 2.05) is 0 Å². The summed E-state index contributed by atoms with van der Waals surface area (Å²) in [6.45, 7) is 1.99. The number of rotatable bonds is 8. The van der Waals surface area contributed by atoms with Crippen LogP contribution in [0.5, 0.6) is 0 Å². The number of hydrogen-bond donors (Lipinski definition) is 1. The van der Waals surface area contributed by atoms with E-state index < -0.39 is 21.0 Å². The molecule has 0 radical (unpaired) electrons. The molecule has 0 aromatic rings. The van der Waals surface area contributed by atoms with E-state index in [1.54, 1.807) is 0 Å². The van der Waals surface area contributed by atoms with E-state index in [0.29, 0.717) is 6.54 Å². The molecule has 4 nitrogen and oxygen atoms in total. The lowest BCUT2D eigenvalue weighted by molar-refractivity contribution is -0.120. The van der Waals surface area contributed by atoms with Gasteiger partial charge in [0.25, 0.3) is 0 Å². The van der Waals surface area contributed by atoms with E-state index in [2.05, 4.69) is 27.9 Å². The molecule has 0 aliphatic carbocycles. The summed E-state index contributed by atoms with van der Waals surface area (Å²) >= 11 is 2.34. The Hall–Kier alpha value is 0.150. The SMILES string of the molecule is CC(C(=O)NCCCCCCI)S(C)(=O)=O. The standard InChI is InChI=1S/C10H20INO3S/c1-9(16(2,14)15)10(13)12-8-6-4-3-5-7-11/h9H,3-8H2,1-2H3,(H,12,13). The van der Waals surface area contributed by atoms with E-state index in [1.165, 1.54) is 19.8 Å². The van der Waals surface area contributed by atoms with Crippen molar-refractivity contribution in [1.29, 1.82) is 0 Å². The van der Waals surface area contributed by atoms with Crippen molar-refractivity contribution in [3.05, 3.63) is 0 Å². The first-order valence-corrected chi connectivity index (χ1v) is 8.90. The molecule has 0 saturated carbocycles. The molecule has 0 spiro atoms. The van der Waals surface area contributed by atoms with Gasteiger partial charge < -0.3 is 5.32 Å². The molecule has 96 valence electrons. The molecule has 0 bridgehead atoms. The van der Waals surface area contributed by atoms with Gasteiger partial charge in [-0.25, -0.2) is 8.42 Å². The van der Waals surface area contributed by atoms with E-state index in [9.17, 15) is 13.2 Å². The van der Waals surface area contributed by atoms with Gasteiger partial charge in [-0.05, 0) is 24.2 Å². The van der Waals surface area contributed by atoms with E-state index in [0.717, 1.165) is 23.5 Å². The molecular weight excluding hydrogens is 341 g/mol. The fourth-order valence-corrected chi connectivity index (χ4v) is 2.13. The number of halogens is 1. The van der Waals surface area contributed by atoms with Crippen molar-refractivity contribution in [2.24, 2.45) is 0 Å². The lowest BCUT2D eigenvalue weighted by Crippen LogP contribution is -2.37. The summed E-state index contributed by atoms with van der Waals surface area (Å²) in [7, 11) is -3.27. The fraction of sp³-hybridized carbons (Fsp3) is 0.900. The van der Waals surface area contributed by atoms with Gasteiger partial charge in [-0.15, -0.1) is 0 Å². The van der Waals surface area contributed by atoms with Crippen LogP contribution in [-0.4, -0.2) is 36.8 Å². The van der Waals surface area contributed by atoms with Crippen LogP contribution in [0.3, 0.4) is 0 Å². The molecule has 0 aromatic carbocycles. The van der Waals surface area contributed by atoms with Crippen LogP contribution in [0.25, 0.3) is 0 Å².